The minimum Gasteiger partial charge on any atom is -0.481 e. The zero-order chi connectivity index (χ0) is 12.5. The van der Waals surface area contributed by atoms with Crippen LogP contribution in [0.3, 0.4) is 0 Å². The molecule has 1 saturated heterocycles. The van der Waals surface area contributed by atoms with Crippen LogP contribution >= 0.6 is 0 Å². The average Bonchev–Trinajstić information content (AvgIpc) is 2.74. The van der Waals surface area contributed by atoms with E-state index in [2.05, 4.69) is 12.2 Å². The molecule has 0 aromatic rings. The summed E-state index contributed by atoms with van der Waals surface area (Å²) in [4.78, 5) is 25.1. The Kier molecular flexibility index (Phi) is 3.22. The molecule has 0 spiro atoms. The van der Waals surface area contributed by atoms with Gasteiger partial charge in [0, 0.05) is 19.0 Å². The Morgan fingerprint density at radius 3 is 2.71 bits per heavy atom. The van der Waals surface area contributed by atoms with Crippen LogP contribution < -0.4 is 0 Å². The molecule has 0 radical (unpaired) electrons. The number of carbonyl (C=O) groups is 2. The number of allylic oxidation sites excluding steroid dienone is 2. The second-order valence-electron chi connectivity index (χ2n) is 5.36. The zero-order valence-corrected chi connectivity index (χ0v) is 10.2. The van der Waals surface area contributed by atoms with Crippen LogP contribution in [0.25, 0.3) is 0 Å². The quantitative estimate of drug-likeness (QED) is 0.743. The highest BCUT2D eigenvalue weighted by Gasteiger charge is 2.43. The second-order valence-corrected chi connectivity index (χ2v) is 5.36. The number of nitrogens with zero attached hydrogens (tertiary/aromatic N) is 1. The maximum atomic E-state index is 12.2. The number of likely N-dealkylation sites (tertiary alicyclic amines) is 1. The SMILES string of the molecule is C[C@]1(C(=O)O)CCN(C(=O)[C@@H]2CC=CCC2)C1. The number of amides is 1. The maximum absolute atomic E-state index is 12.2. The summed E-state index contributed by atoms with van der Waals surface area (Å²) < 4.78 is 0. The normalized spacial score (nSPS) is 32.8. The standard InChI is InChI=1S/C13H19NO3/c1-13(12(16)17)7-8-14(9-13)11(15)10-5-3-2-4-6-10/h2-3,10H,4-9H2,1H3,(H,16,17)/t10-,13+/m1/s1. The van der Waals surface area contributed by atoms with Gasteiger partial charge in [0.25, 0.3) is 0 Å². The van der Waals surface area contributed by atoms with Crippen molar-refractivity contribution in [2.75, 3.05) is 13.1 Å². The van der Waals surface area contributed by atoms with E-state index in [4.69, 9.17) is 5.11 Å². The van der Waals surface area contributed by atoms with Crippen molar-refractivity contribution in [1.29, 1.82) is 0 Å². The summed E-state index contributed by atoms with van der Waals surface area (Å²) in [5, 5.41) is 9.13. The Bertz CT molecular complexity index is 364. The number of carboxylic acid groups (broad SMARTS) is 1. The second kappa shape index (κ2) is 4.51. The lowest BCUT2D eigenvalue weighted by atomic mass is 9.90. The van der Waals surface area contributed by atoms with Gasteiger partial charge in [-0.05, 0) is 32.6 Å². The molecule has 2 rings (SSSR count). The molecular weight excluding hydrogens is 218 g/mol. The largest absolute Gasteiger partial charge is 0.481 e. The van der Waals surface area contributed by atoms with Crippen LogP contribution in [0.4, 0.5) is 0 Å². The molecule has 4 nitrogen and oxygen atoms in total. The van der Waals surface area contributed by atoms with Crippen molar-refractivity contribution < 1.29 is 14.7 Å². The van der Waals surface area contributed by atoms with Gasteiger partial charge in [0.05, 0.1) is 5.41 Å². The lowest BCUT2D eigenvalue weighted by Gasteiger charge is -2.25. The number of aliphatic carboxylic acids is 1. The first-order valence-corrected chi connectivity index (χ1v) is 6.20. The number of hydrogen-bond donors (Lipinski definition) is 1. The highest BCUT2D eigenvalue weighted by Crippen LogP contribution is 2.32. The third kappa shape index (κ3) is 2.35. The third-order valence-electron chi connectivity index (χ3n) is 3.92. The molecule has 1 aliphatic heterocycles. The van der Waals surface area contributed by atoms with Crippen LogP contribution in [0.2, 0.25) is 0 Å². The fraction of sp³-hybridized carbons (Fsp3) is 0.692. The molecule has 1 fully saturated rings. The number of carboxylic acids is 1. The molecule has 1 amide bonds. The minimum atomic E-state index is -0.795. The van der Waals surface area contributed by atoms with Crippen LogP contribution in [0.1, 0.15) is 32.6 Å². The number of hydrogen-bond acceptors (Lipinski definition) is 2. The smallest absolute Gasteiger partial charge is 0.311 e. The molecule has 94 valence electrons. The highest BCUT2D eigenvalue weighted by molar-refractivity contribution is 5.82. The minimum absolute atomic E-state index is 0.0659. The summed E-state index contributed by atoms with van der Waals surface area (Å²) in [6, 6.07) is 0. The van der Waals surface area contributed by atoms with Crippen molar-refractivity contribution >= 4 is 11.9 Å². The van der Waals surface area contributed by atoms with Gasteiger partial charge in [0.1, 0.15) is 0 Å². The predicted octanol–water partition coefficient (Wildman–Crippen LogP) is 1.67. The Morgan fingerprint density at radius 2 is 2.18 bits per heavy atom. The predicted molar refractivity (Wildman–Crippen MR) is 63.4 cm³/mol. The van der Waals surface area contributed by atoms with Crippen molar-refractivity contribution in [3.8, 4) is 0 Å². The molecule has 0 aromatic carbocycles. The molecule has 0 bridgehead atoms. The van der Waals surface area contributed by atoms with Gasteiger partial charge in [-0.3, -0.25) is 9.59 Å². The summed E-state index contributed by atoms with van der Waals surface area (Å²) in [6.07, 6.45) is 7.39. The number of carbonyl (C=O) groups excluding carboxylic acids is 1. The molecular formula is C13H19NO3. The van der Waals surface area contributed by atoms with Gasteiger partial charge in [-0.25, -0.2) is 0 Å². The van der Waals surface area contributed by atoms with Gasteiger partial charge >= 0.3 is 5.97 Å². The lowest BCUT2D eigenvalue weighted by Crippen LogP contribution is -2.38. The summed E-state index contributed by atoms with van der Waals surface area (Å²) >= 11 is 0. The Hall–Kier alpha value is -1.32. The molecule has 1 heterocycles. The van der Waals surface area contributed by atoms with Crippen LogP contribution in [0.5, 0.6) is 0 Å². The third-order valence-corrected chi connectivity index (χ3v) is 3.92. The summed E-state index contributed by atoms with van der Waals surface area (Å²) in [5.74, 6) is -0.591. The van der Waals surface area contributed by atoms with E-state index in [0.717, 1.165) is 19.3 Å². The molecule has 0 saturated carbocycles. The van der Waals surface area contributed by atoms with Gasteiger partial charge in [0.15, 0.2) is 0 Å². The van der Waals surface area contributed by atoms with E-state index < -0.39 is 11.4 Å². The van der Waals surface area contributed by atoms with E-state index in [1.165, 1.54) is 0 Å². The fourth-order valence-electron chi connectivity index (χ4n) is 2.60. The van der Waals surface area contributed by atoms with Crippen LogP contribution in [-0.4, -0.2) is 35.0 Å². The van der Waals surface area contributed by atoms with E-state index in [1.807, 2.05) is 0 Å². The van der Waals surface area contributed by atoms with Gasteiger partial charge < -0.3 is 10.0 Å². The van der Waals surface area contributed by atoms with Gasteiger partial charge in [-0.1, -0.05) is 12.2 Å². The topological polar surface area (TPSA) is 57.6 Å². The van der Waals surface area contributed by atoms with Crippen LogP contribution in [-0.2, 0) is 9.59 Å². The highest BCUT2D eigenvalue weighted by atomic mass is 16.4. The van der Waals surface area contributed by atoms with Crippen molar-refractivity contribution in [3.05, 3.63) is 12.2 Å². The molecule has 17 heavy (non-hydrogen) atoms. The Balaban J connectivity index is 1.98. The van der Waals surface area contributed by atoms with Crippen molar-refractivity contribution in [2.45, 2.75) is 32.6 Å². The van der Waals surface area contributed by atoms with Gasteiger partial charge in [0.2, 0.25) is 5.91 Å². The van der Waals surface area contributed by atoms with Crippen molar-refractivity contribution in [3.63, 3.8) is 0 Å². The first-order valence-electron chi connectivity index (χ1n) is 6.20. The van der Waals surface area contributed by atoms with Crippen LogP contribution in [0, 0.1) is 11.3 Å². The lowest BCUT2D eigenvalue weighted by molar-refractivity contribution is -0.147. The molecule has 0 aromatic heterocycles. The Labute approximate surface area is 101 Å². The Morgan fingerprint density at radius 1 is 1.41 bits per heavy atom. The monoisotopic (exact) mass is 237 g/mol. The van der Waals surface area contributed by atoms with Crippen molar-refractivity contribution in [1.82, 2.24) is 4.90 Å². The summed E-state index contributed by atoms with van der Waals surface area (Å²) in [7, 11) is 0. The first kappa shape index (κ1) is 12.1. The average molecular weight is 237 g/mol. The van der Waals surface area contributed by atoms with E-state index >= 15 is 0 Å². The summed E-state index contributed by atoms with van der Waals surface area (Å²) in [5.41, 5.74) is -0.750. The van der Waals surface area contributed by atoms with Gasteiger partial charge in [-0.15, -0.1) is 0 Å². The molecule has 4 heteroatoms. The fourth-order valence-corrected chi connectivity index (χ4v) is 2.60. The van der Waals surface area contributed by atoms with E-state index in [1.54, 1.807) is 11.8 Å². The molecule has 2 atom stereocenters. The molecule has 0 unspecified atom stereocenters. The zero-order valence-electron chi connectivity index (χ0n) is 10.2. The molecule has 2 aliphatic rings. The summed E-state index contributed by atoms with van der Waals surface area (Å²) in [6.45, 7) is 2.67. The van der Waals surface area contributed by atoms with Crippen LogP contribution in [0.15, 0.2) is 12.2 Å². The van der Waals surface area contributed by atoms with E-state index in [9.17, 15) is 9.59 Å². The first-order chi connectivity index (χ1) is 8.03. The molecule has 1 N–H and O–H groups in total. The van der Waals surface area contributed by atoms with Gasteiger partial charge in [-0.2, -0.15) is 0 Å². The number of rotatable bonds is 2. The van der Waals surface area contributed by atoms with E-state index in [0.29, 0.717) is 19.5 Å². The maximum Gasteiger partial charge on any atom is 0.311 e. The van der Waals surface area contributed by atoms with E-state index in [-0.39, 0.29) is 11.8 Å². The molecule has 1 aliphatic carbocycles. The van der Waals surface area contributed by atoms with Crippen molar-refractivity contribution in [2.24, 2.45) is 11.3 Å².